The van der Waals surface area contributed by atoms with Crippen molar-refractivity contribution in [2.45, 2.75) is 39.5 Å². The Bertz CT molecular complexity index is 659. The highest BCUT2D eigenvalue weighted by Crippen LogP contribution is 2.43. The van der Waals surface area contributed by atoms with E-state index in [1.807, 2.05) is 32.0 Å². The second-order valence-electron chi connectivity index (χ2n) is 7.15. The number of rotatable bonds is 9. The number of hydrogen-bond acceptors (Lipinski definition) is 3. The minimum Gasteiger partial charge on any atom is -0.385 e. The summed E-state index contributed by atoms with van der Waals surface area (Å²) in [6.07, 6.45) is 4.75. The molecule has 1 aromatic rings. The Labute approximate surface area is 170 Å². The van der Waals surface area contributed by atoms with Crippen LogP contribution < -0.4 is 16.0 Å². The third kappa shape index (κ3) is 6.81. The highest BCUT2D eigenvalue weighted by molar-refractivity contribution is 9.10. The van der Waals surface area contributed by atoms with Crippen LogP contribution in [0, 0.1) is 12.3 Å². The second-order valence-corrected chi connectivity index (χ2v) is 8.07. The molecule has 27 heavy (non-hydrogen) atoms. The monoisotopic (exact) mass is 438 g/mol. The van der Waals surface area contributed by atoms with Crippen LogP contribution in [0.15, 0.2) is 27.7 Å². The van der Waals surface area contributed by atoms with Gasteiger partial charge in [0.2, 0.25) is 5.91 Å². The fourth-order valence-corrected chi connectivity index (χ4v) is 3.55. The largest absolute Gasteiger partial charge is 0.385 e. The number of nitrogens with one attached hydrogen (secondary N) is 3. The third-order valence-electron chi connectivity index (χ3n) is 5.08. The SMILES string of the molecule is CCNC(=NCC(=O)Nc1cc(Br)ccc1C)NCC1(CCOC)CCC1. The van der Waals surface area contributed by atoms with Gasteiger partial charge in [0.1, 0.15) is 6.54 Å². The van der Waals surface area contributed by atoms with Crippen LogP contribution in [0.3, 0.4) is 0 Å². The van der Waals surface area contributed by atoms with Gasteiger partial charge in [-0.1, -0.05) is 28.4 Å². The summed E-state index contributed by atoms with van der Waals surface area (Å²) in [7, 11) is 1.75. The predicted octanol–water partition coefficient (Wildman–Crippen LogP) is 3.46. The number of carbonyl (C=O) groups excluding carboxylic acids is 1. The fourth-order valence-electron chi connectivity index (χ4n) is 3.19. The number of nitrogens with zero attached hydrogens (tertiary/aromatic N) is 1. The molecule has 1 fully saturated rings. The molecule has 3 N–H and O–H groups in total. The molecule has 6 nitrogen and oxygen atoms in total. The number of ether oxygens (including phenoxy) is 1. The molecule has 0 spiro atoms. The van der Waals surface area contributed by atoms with Crippen molar-refractivity contribution in [3.05, 3.63) is 28.2 Å². The highest BCUT2D eigenvalue weighted by atomic mass is 79.9. The quantitative estimate of drug-likeness (QED) is 0.407. The molecule has 1 aliphatic rings. The summed E-state index contributed by atoms with van der Waals surface area (Å²) in [5.74, 6) is 0.549. The Morgan fingerprint density at radius 2 is 2.11 bits per heavy atom. The fraction of sp³-hybridized carbons (Fsp3) is 0.600. The number of anilines is 1. The minimum atomic E-state index is -0.133. The molecule has 0 heterocycles. The Hall–Kier alpha value is -1.60. The van der Waals surface area contributed by atoms with Gasteiger partial charge in [-0.05, 0) is 56.2 Å². The van der Waals surface area contributed by atoms with E-state index < -0.39 is 0 Å². The topological polar surface area (TPSA) is 74.8 Å². The van der Waals surface area contributed by atoms with Crippen molar-refractivity contribution >= 4 is 33.5 Å². The molecule has 2 rings (SSSR count). The van der Waals surface area contributed by atoms with Crippen LogP contribution in [0.2, 0.25) is 0 Å². The summed E-state index contributed by atoms with van der Waals surface area (Å²) in [5, 5.41) is 9.55. The van der Waals surface area contributed by atoms with Crippen LogP contribution in [-0.4, -0.2) is 45.2 Å². The van der Waals surface area contributed by atoms with Crippen molar-refractivity contribution in [1.29, 1.82) is 0 Å². The smallest absolute Gasteiger partial charge is 0.246 e. The highest BCUT2D eigenvalue weighted by Gasteiger charge is 2.36. The second kappa shape index (κ2) is 10.7. The number of carbonyl (C=O) groups is 1. The summed E-state index contributed by atoms with van der Waals surface area (Å²) in [5.41, 5.74) is 2.11. The van der Waals surface area contributed by atoms with E-state index in [9.17, 15) is 4.79 Å². The first kappa shape index (κ1) is 21.7. The lowest BCUT2D eigenvalue weighted by molar-refractivity contribution is -0.114. The Balaban J connectivity index is 1.90. The molecule has 0 unspecified atom stereocenters. The number of halogens is 1. The molecule has 1 amide bonds. The van der Waals surface area contributed by atoms with Crippen LogP contribution >= 0.6 is 15.9 Å². The Kier molecular flexibility index (Phi) is 8.57. The third-order valence-corrected chi connectivity index (χ3v) is 5.57. The van der Waals surface area contributed by atoms with Crippen molar-refractivity contribution < 1.29 is 9.53 Å². The van der Waals surface area contributed by atoms with E-state index in [4.69, 9.17) is 4.74 Å². The maximum absolute atomic E-state index is 12.3. The van der Waals surface area contributed by atoms with Gasteiger partial charge in [-0.2, -0.15) is 0 Å². The van der Waals surface area contributed by atoms with Crippen LogP contribution in [0.5, 0.6) is 0 Å². The molecule has 1 aromatic carbocycles. The molecule has 0 aliphatic heterocycles. The van der Waals surface area contributed by atoms with E-state index >= 15 is 0 Å². The maximum Gasteiger partial charge on any atom is 0.246 e. The van der Waals surface area contributed by atoms with Gasteiger partial charge in [-0.25, -0.2) is 4.99 Å². The summed E-state index contributed by atoms with van der Waals surface area (Å²) < 4.78 is 6.19. The molecule has 1 saturated carbocycles. The van der Waals surface area contributed by atoms with E-state index in [0.29, 0.717) is 11.4 Å². The first-order valence-electron chi connectivity index (χ1n) is 9.55. The average Bonchev–Trinajstić information content (AvgIpc) is 2.61. The summed E-state index contributed by atoms with van der Waals surface area (Å²) >= 11 is 3.43. The van der Waals surface area contributed by atoms with Gasteiger partial charge < -0.3 is 20.7 Å². The van der Waals surface area contributed by atoms with Crippen molar-refractivity contribution in [3.63, 3.8) is 0 Å². The number of methoxy groups -OCH3 is 1. The van der Waals surface area contributed by atoms with Gasteiger partial charge in [0.25, 0.3) is 0 Å². The Morgan fingerprint density at radius 1 is 1.33 bits per heavy atom. The molecular weight excluding hydrogens is 408 g/mol. The number of guanidine groups is 1. The van der Waals surface area contributed by atoms with E-state index in [1.165, 1.54) is 19.3 Å². The van der Waals surface area contributed by atoms with Gasteiger partial charge in [-0.3, -0.25) is 4.79 Å². The zero-order chi connectivity index (χ0) is 19.7. The lowest BCUT2D eigenvalue weighted by Crippen LogP contribution is -2.47. The standard InChI is InChI=1S/C20H31BrN4O2/c1-4-22-19(24-14-20(8-5-9-20)10-11-27-3)23-13-18(26)25-17-12-16(21)7-6-15(17)2/h6-7,12H,4-5,8-11,13-14H2,1-3H3,(H,25,26)(H2,22,23,24). The van der Waals surface area contributed by atoms with E-state index in [1.54, 1.807) is 7.11 Å². The zero-order valence-corrected chi connectivity index (χ0v) is 18.1. The summed E-state index contributed by atoms with van der Waals surface area (Å²) in [4.78, 5) is 16.7. The molecule has 0 bridgehead atoms. The molecule has 0 saturated heterocycles. The molecule has 1 aliphatic carbocycles. The first-order valence-corrected chi connectivity index (χ1v) is 10.3. The maximum atomic E-state index is 12.3. The predicted molar refractivity (Wildman–Crippen MR) is 114 cm³/mol. The van der Waals surface area contributed by atoms with Gasteiger partial charge in [0.05, 0.1) is 0 Å². The van der Waals surface area contributed by atoms with Crippen LogP contribution in [0.25, 0.3) is 0 Å². The van der Waals surface area contributed by atoms with Crippen LogP contribution in [0.4, 0.5) is 5.69 Å². The van der Waals surface area contributed by atoms with Gasteiger partial charge in [0, 0.05) is 37.0 Å². The molecule has 0 aromatic heterocycles. The molecule has 150 valence electrons. The molecular formula is C20H31BrN4O2. The number of aliphatic imine (C=N–C) groups is 1. The van der Waals surface area contributed by atoms with E-state index in [2.05, 4.69) is 36.9 Å². The number of aryl methyl sites for hydroxylation is 1. The van der Waals surface area contributed by atoms with Crippen molar-refractivity contribution in [3.8, 4) is 0 Å². The zero-order valence-electron chi connectivity index (χ0n) is 16.5. The lowest BCUT2D eigenvalue weighted by Gasteiger charge is -2.42. The van der Waals surface area contributed by atoms with Crippen LogP contribution in [0.1, 0.15) is 38.2 Å². The van der Waals surface area contributed by atoms with Gasteiger partial charge in [0.15, 0.2) is 5.96 Å². The molecule has 0 atom stereocenters. The normalized spacial score (nSPS) is 15.8. The molecule has 0 radical (unpaired) electrons. The number of amides is 1. The van der Waals surface area contributed by atoms with Crippen LogP contribution in [-0.2, 0) is 9.53 Å². The van der Waals surface area contributed by atoms with Gasteiger partial charge >= 0.3 is 0 Å². The lowest BCUT2D eigenvalue weighted by atomic mass is 9.67. The summed E-state index contributed by atoms with van der Waals surface area (Å²) in [6.45, 7) is 6.45. The number of hydrogen-bond donors (Lipinski definition) is 3. The Morgan fingerprint density at radius 3 is 2.74 bits per heavy atom. The van der Waals surface area contributed by atoms with Crippen molar-refractivity contribution in [1.82, 2.24) is 10.6 Å². The van der Waals surface area contributed by atoms with Crippen molar-refractivity contribution in [2.75, 3.05) is 38.7 Å². The number of benzene rings is 1. The minimum absolute atomic E-state index is 0.0758. The van der Waals surface area contributed by atoms with Gasteiger partial charge in [-0.15, -0.1) is 0 Å². The van der Waals surface area contributed by atoms with Crippen molar-refractivity contribution in [2.24, 2.45) is 10.4 Å². The first-order chi connectivity index (χ1) is 13.0. The summed E-state index contributed by atoms with van der Waals surface area (Å²) in [6, 6.07) is 5.82. The van der Waals surface area contributed by atoms with E-state index in [0.717, 1.165) is 41.8 Å². The van der Waals surface area contributed by atoms with E-state index in [-0.39, 0.29) is 12.5 Å². The molecule has 7 heteroatoms. The average molecular weight is 439 g/mol.